The van der Waals surface area contributed by atoms with Gasteiger partial charge in [0.1, 0.15) is 0 Å². The molecule has 0 N–H and O–H groups in total. The number of rotatable bonds is 2. The zero-order valence-corrected chi connectivity index (χ0v) is 11.7. The molecule has 1 aliphatic heterocycles. The van der Waals surface area contributed by atoms with Crippen LogP contribution in [0.5, 0.6) is 0 Å². The molecule has 0 radical (unpaired) electrons. The van der Waals surface area contributed by atoms with Gasteiger partial charge in [0.25, 0.3) is 0 Å². The van der Waals surface area contributed by atoms with E-state index in [4.69, 9.17) is 0 Å². The first-order valence-electron chi connectivity index (χ1n) is 4.68. The lowest BCUT2D eigenvalue weighted by molar-refractivity contribution is -0.117. The molecule has 1 aromatic rings. The lowest BCUT2D eigenvalue weighted by Crippen LogP contribution is -2.25. The van der Waals surface area contributed by atoms with Crippen molar-refractivity contribution in [3.63, 3.8) is 0 Å². The molecule has 1 aliphatic rings. The SMILES string of the molecule is O=C1CC(CBr)CN1c1cnccc1I. The number of hydrogen-bond acceptors (Lipinski definition) is 2. The molecule has 1 saturated heterocycles. The van der Waals surface area contributed by atoms with Crippen LogP contribution in [0.1, 0.15) is 6.42 Å². The molecule has 2 rings (SSSR count). The largest absolute Gasteiger partial charge is 0.310 e. The van der Waals surface area contributed by atoms with Gasteiger partial charge in [-0.2, -0.15) is 0 Å². The number of alkyl halides is 1. The van der Waals surface area contributed by atoms with Gasteiger partial charge in [0, 0.05) is 28.1 Å². The molecule has 0 aliphatic carbocycles. The van der Waals surface area contributed by atoms with Crippen LogP contribution in [0, 0.1) is 9.49 Å². The predicted octanol–water partition coefficient (Wildman–Crippen LogP) is 2.43. The molecule has 80 valence electrons. The maximum atomic E-state index is 11.8. The Morgan fingerprint density at radius 1 is 1.67 bits per heavy atom. The standard InChI is InChI=1S/C10H10BrIN2O/c11-4-7-3-10(15)14(6-7)9-5-13-2-1-8(9)12/h1-2,5,7H,3-4,6H2. The van der Waals surface area contributed by atoms with Crippen molar-refractivity contribution in [2.24, 2.45) is 5.92 Å². The smallest absolute Gasteiger partial charge is 0.227 e. The van der Waals surface area contributed by atoms with Crippen molar-refractivity contribution in [1.82, 2.24) is 4.98 Å². The molecule has 1 amide bonds. The van der Waals surface area contributed by atoms with Crippen LogP contribution < -0.4 is 4.90 Å². The molecule has 3 nitrogen and oxygen atoms in total. The Morgan fingerprint density at radius 2 is 2.47 bits per heavy atom. The summed E-state index contributed by atoms with van der Waals surface area (Å²) in [7, 11) is 0. The highest BCUT2D eigenvalue weighted by molar-refractivity contribution is 14.1. The molecular formula is C10H10BrIN2O. The molecule has 1 aromatic heterocycles. The van der Waals surface area contributed by atoms with E-state index in [-0.39, 0.29) is 5.91 Å². The van der Waals surface area contributed by atoms with E-state index < -0.39 is 0 Å². The van der Waals surface area contributed by atoms with Gasteiger partial charge in [-0.15, -0.1) is 0 Å². The van der Waals surface area contributed by atoms with Gasteiger partial charge in [0.2, 0.25) is 5.91 Å². The topological polar surface area (TPSA) is 33.2 Å². The van der Waals surface area contributed by atoms with E-state index in [0.717, 1.165) is 21.1 Å². The fourth-order valence-electron chi connectivity index (χ4n) is 1.69. The molecule has 0 spiro atoms. The summed E-state index contributed by atoms with van der Waals surface area (Å²) < 4.78 is 1.08. The quantitative estimate of drug-likeness (QED) is 0.583. The third kappa shape index (κ3) is 2.33. The van der Waals surface area contributed by atoms with E-state index >= 15 is 0 Å². The number of carbonyl (C=O) groups is 1. The van der Waals surface area contributed by atoms with Gasteiger partial charge in [-0.1, -0.05) is 15.9 Å². The van der Waals surface area contributed by atoms with E-state index in [1.807, 2.05) is 11.0 Å². The highest BCUT2D eigenvalue weighted by Crippen LogP contribution is 2.28. The molecule has 1 unspecified atom stereocenters. The first-order valence-corrected chi connectivity index (χ1v) is 6.88. The van der Waals surface area contributed by atoms with Crippen LogP contribution in [-0.4, -0.2) is 22.8 Å². The lowest BCUT2D eigenvalue weighted by Gasteiger charge is -2.17. The lowest BCUT2D eigenvalue weighted by atomic mass is 10.2. The molecular weight excluding hydrogens is 371 g/mol. The van der Waals surface area contributed by atoms with Gasteiger partial charge in [-0.3, -0.25) is 9.78 Å². The summed E-state index contributed by atoms with van der Waals surface area (Å²) in [5.74, 6) is 0.624. The number of pyridine rings is 1. The van der Waals surface area contributed by atoms with Crippen LogP contribution in [0.15, 0.2) is 18.5 Å². The van der Waals surface area contributed by atoms with Crippen LogP contribution in [-0.2, 0) is 4.79 Å². The van der Waals surface area contributed by atoms with Crippen LogP contribution >= 0.6 is 38.5 Å². The number of carbonyl (C=O) groups excluding carboxylic acids is 1. The normalized spacial score (nSPS) is 21.1. The van der Waals surface area contributed by atoms with E-state index in [9.17, 15) is 4.79 Å². The van der Waals surface area contributed by atoms with Crippen molar-refractivity contribution in [3.8, 4) is 0 Å². The fraction of sp³-hybridized carbons (Fsp3) is 0.400. The number of amides is 1. The van der Waals surface area contributed by atoms with Crippen molar-refractivity contribution in [2.75, 3.05) is 16.8 Å². The Hall–Kier alpha value is -0.170. The van der Waals surface area contributed by atoms with Crippen molar-refractivity contribution >= 4 is 50.1 Å². The van der Waals surface area contributed by atoms with Gasteiger partial charge in [-0.05, 0) is 34.6 Å². The Kier molecular flexibility index (Phi) is 3.60. The van der Waals surface area contributed by atoms with Crippen molar-refractivity contribution in [3.05, 3.63) is 22.0 Å². The second-order valence-corrected chi connectivity index (χ2v) is 5.37. The maximum absolute atomic E-state index is 11.8. The number of aromatic nitrogens is 1. The first kappa shape index (κ1) is 11.3. The Labute approximate surface area is 111 Å². The Balaban J connectivity index is 2.25. The van der Waals surface area contributed by atoms with Gasteiger partial charge >= 0.3 is 0 Å². The number of anilines is 1. The van der Waals surface area contributed by atoms with E-state index in [0.29, 0.717) is 12.3 Å². The average Bonchev–Trinajstić information content (AvgIpc) is 2.60. The summed E-state index contributed by atoms with van der Waals surface area (Å²) in [5, 5.41) is 0.881. The minimum absolute atomic E-state index is 0.199. The average molecular weight is 381 g/mol. The third-order valence-corrected chi connectivity index (χ3v) is 4.29. The molecule has 1 atom stereocenters. The van der Waals surface area contributed by atoms with Gasteiger partial charge < -0.3 is 4.90 Å². The second-order valence-electron chi connectivity index (χ2n) is 3.56. The van der Waals surface area contributed by atoms with Gasteiger partial charge in [0.15, 0.2) is 0 Å². The summed E-state index contributed by atoms with van der Waals surface area (Å²) in [6.07, 6.45) is 4.14. The van der Waals surface area contributed by atoms with Gasteiger partial charge in [0.05, 0.1) is 11.9 Å². The zero-order chi connectivity index (χ0) is 10.8. The number of nitrogens with zero attached hydrogens (tertiary/aromatic N) is 2. The number of hydrogen-bond donors (Lipinski definition) is 0. The third-order valence-electron chi connectivity index (χ3n) is 2.46. The van der Waals surface area contributed by atoms with E-state index in [2.05, 4.69) is 43.5 Å². The summed E-state index contributed by atoms with van der Waals surface area (Å²) in [4.78, 5) is 17.7. The Morgan fingerprint density at radius 3 is 3.07 bits per heavy atom. The van der Waals surface area contributed by atoms with Crippen LogP contribution in [0.2, 0.25) is 0 Å². The van der Waals surface area contributed by atoms with Crippen LogP contribution in [0.25, 0.3) is 0 Å². The molecule has 5 heteroatoms. The second kappa shape index (κ2) is 4.78. The first-order chi connectivity index (χ1) is 7.22. The molecule has 1 fully saturated rings. The molecule has 0 aromatic carbocycles. The summed E-state index contributed by atoms with van der Waals surface area (Å²) >= 11 is 5.66. The fourth-order valence-corrected chi connectivity index (χ4v) is 2.71. The molecule has 15 heavy (non-hydrogen) atoms. The van der Waals surface area contributed by atoms with Crippen molar-refractivity contribution in [1.29, 1.82) is 0 Å². The Bertz CT molecular complexity index is 385. The monoisotopic (exact) mass is 380 g/mol. The summed E-state index contributed by atoms with van der Waals surface area (Å²) in [6.45, 7) is 0.797. The molecule has 0 bridgehead atoms. The zero-order valence-electron chi connectivity index (χ0n) is 7.99. The van der Waals surface area contributed by atoms with Crippen LogP contribution in [0.3, 0.4) is 0 Å². The summed E-state index contributed by atoms with van der Waals surface area (Å²) in [5.41, 5.74) is 0.937. The van der Waals surface area contributed by atoms with Gasteiger partial charge in [-0.25, -0.2) is 0 Å². The van der Waals surface area contributed by atoms with Crippen LogP contribution in [0.4, 0.5) is 5.69 Å². The summed E-state index contributed by atoms with van der Waals surface area (Å²) in [6, 6.07) is 1.92. The predicted molar refractivity (Wildman–Crippen MR) is 71.2 cm³/mol. The highest BCUT2D eigenvalue weighted by atomic mass is 127. The van der Waals surface area contributed by atoms with E-state index in [1.165, 1.54) is 0 Å². The maximum Gasteiger partial charge on any atom is 0.227 e. The van der Waals surface area contributed by atoms with Crippen molar-refractivity contribution < 1.29 is 4.79 Å². The van der Waals surface area contributed by atoms with E-state index in [1.54, 1.807) is 12.4 Å². The molecule has 2 heterocycles. The molecule has 0 saturated carbocycles. The minimum atomic E-state index is 0.199. The minimum Gasteiger partial charge on any atom is -0.310 e. The number of halogens is 2. The van der Waals surface area contributed by atoms with Crippen molar-refractivity contribution in [2.45, 2.75) is 6.42 Å². The highest BCUT2D eigenvalue weighted by Gasteiger charge is 2.30.